The van der Waals surface area contributed by atoms with Gasteiger partial charge in [-0.1, -0.05) is 159 Å². The van der Waals surface area contributed by atoms with Crippen molar-refractivity contribution in [2.75, 3.05) is 0 Å². The fourth-order valence-electron chi connectivity index (χ4n) is 10.9. The zero-order valence-electron chi connectivity index (χ0n) is 36.2. The molecule has 0 N–H and O–H groups in total. The summed E-state index contributed by atoms with van der Waals surface area (Å²) in [7, 11) is 0. The van der Waals surface area contributed by atoms with Gasteiger partial charge in [-0.2, -0.15) is 0 Å². The summed E-state index contributed by atoms with van der Waals surface area (Å²) in [5, 5.41) is 7.29. The molecule has 0 amide bonds. The molecule has 0 atom stereocenters. The summed E-state index contributed by atoms with van der Waals surface area (Å²) in [4.78, 5) is 16.0. The SMILES string of the molecule is CC1(C)c2ccccc2-c2ccc(-c3nc(-c4ccccc4)nc(-c4cc(-n5c6ccccc6c6ccc7c(c8ccccc8n7-c7ccccc7)c65)c5c(c4)sc4ccccc45)n3)cc21. The molecule has 0 saturated heterocycles. The van der Waals surface area contributed by atoms with Crippen molar-refractivity contribution in [3.8, 4) is 56.7 Å². The Morgan fingerprint density at radius 1 is 0.394 bits per heavy atom. The topological polar surface area (TPSA) is 48.5 Å². The summed E-state index contributed by atoms with van der Waals surface area (Å²) < 4.78 is 7.35. The Morgan fingerprint density at radius 3 is 1.82 bits per heavy atom. The molecule has 9 aromatic carbocycles. The molecule has 0 spiro atoms. The number of fused-ring (bicyclic) bond motifs is 13. The van der Waals surface area contributed by atoms with E-state index in [1.807, 2.05) is 29.5 Å². The lowest BCUT2D eigenvalue weighted by Crippen LogP contribution is -2.15. The van der Waals surface area contributed by atoms with Crippen LogP contribution in [0.15, 0.2) is 200 Å². The van der Waals surface area contributed by atoms with Gasteiger partial charge in [0.05, 0.1) is 27.8 Å². The van der Waals surface area contributed by atoms with Gasteiger partial charge >= 0.3 is 0 Å². The van der Waals surface area contributed by atoms with Crippen LogP contribution in [0.2, 0.25) is 0 Å². The Morgan fingerprint density at radius 2 is 1.02 bits per heavy atom. The number of para-hydroxylation sites is 3. The van der Waals surface area contributed by atoms with Crippen LogP contribution in [-0.2, 0) is 5.41 Å². The van der Waals surface area contributed by atoms with Crippen molar-refractivity contribution >= 4 is 75.1 Å². The number of nitrogens with zero attached hydrogens (tertiary/aromatic N) is 5. The van der Waals surface area contributed by atoms with Gasteiger partial charge in [-0.3, -0.25) is 0 Å². The van der Waals surface area contributed by atoms with E-state index in [2.05, 4.69) is 205 Å². The summed E-state index contributed by atoms with van der Waals surface area (Å²) in [5.41, 5.74) is 14.8. The first-order valence-corrected chi connectivity index (χ1v) is 23.3. The number of rotatable bonds is 5. The van der Waals surface area contributed by atoms with E-state index in [0.29, 0.717) is 17.5 Å². The average Bonchev–Trinajstić information content (AvgIpc) is 4.09. The van der Waals surface area contributed by atoms with Gasteiger partial charge < -0.3 is 9.13 Å². The van der Waals surface area contributed by atoms with Gasteiger partial charge in [-0.05, 0) is 76.9 Å². The van der Waals surface area contributed by atoms with E-state index in [1.165, 1.54) is 75.0 Å². The highest BCUT2D eigenvalue weighted by molar-refractivity contribution is 7.26. The Balaban J connectivity index is 1.08. The van der Waals surface area contributed by atoms with E-state index in [0.717, 1.165) is 39.1 Å². The van der Waals surface area contributed by atoms with Gasteiger partial charge in [0.25, 0.3) is 0 Å². The zero-order chi connectivity index (χ0) is 43.7. The standard InChI is InChI=1S/C60H39N5S/c1-60(2)46-25-13-9-21-40(46)41-30-29-37(33-47(41)60)58-61-57(36-17-5-3-6-18-36)62-59(63-58)38-34-51(54-45-24-12-16-28-52(45)66-53(54)35-38)65-48-26-14-10-22-42(48)43-31-32-50-55(56(43)65)44-23-11-15-27-49(44)64(50)39-19-7-4-8-20-39/h3-35H,1-2H3. The van der Waals surface area contributed by atoms with Crippen molar-refractivity contribution in [1.29, 1.82) is 0 Å². The number of hydrogen-bond donors (Lipinski definition) is 0. The molecular formula is C60H39N5S. The first-order valence-electron chi connectivity index (χ1n) is 22.5. The highest BCUT2D eigenvalue weighted by atomic mass is 32.1. The zero-order valence-corrected chi connectivity index (χ0v) is 37.0. The summed E-state index contributed by atoms with van der Waals surface area (Å²) in [6.07, 6.45) is 0. The van der Waals surface area contributed by atoms with Gasteiger partial charge in [0.1, 0.15) is 0 Å². The summed E-state index contributed by atoms with van der Waals surface area (Å²) in [6, 6.07) is 72.3. The second-order valence-corrected chi connectivity index (χ2v) is 19.1. The molecule has 5 nitrogen and oxygen atoms in total. The van der Waals surface area contributed by atoms with E-state index in [-0.39, 0.29) is 5.41 Å². The largest absolute Gasteiger partial charge is 0.309 e. The molecule has 0 radical (unpaired) electrons. The van der Waals surface area contributed by atoms with Crippen LogP contribution in [0.5, 0.6) is 0 Å². The number of benzene rings is 9. The third kappa shape index (κ3) is 5.30. The van der Waals surface area contributed by atoms with Crippen molar-refractivity contribution in [2.24, 2.45) is 0 Å². The monoisotopic (exact) mass is 861 g/mol. The second kappa shape index (κ2) is 13.9. The maximum absolute atomic E-state index is 5.43. The van der Waals surface area contributed by atoms with Crippen LogP contribution in [-0.4, -0.2) is 24.1 Å². The third-order valence-corrected chi connectivity index (χ3v) is 15.1. The molecule has 310 valence electrons. The number of hydrogen-bond acceptors (Lipinski definition) is 4. The minimum Gasteiger partial charge on any atom is -0.309 e. The van der Waals surface area contributed by atoms with Crippen molar-refractivity contribution in [3.05, 3.63) is 211 Å². The Bertz CT molecular complexity index is 4140. The van der Waals surface area contributed by atoms with E-state index in [1.54, 1.807) is 0 Å². The minimum atomic E-state index is -0.164. The quantitative estimate of drug-likeness (QED) is 0.173. The normalized spacial score (nSPS) is 13.1. The summed E-state index contributed by atoms with van der Waals surface area (Å²) in [6.45, 7) is 4.64. The fourth-order valence-corrected chi connectivity index (χ4v) is 12.1. The number of aromatic nitrogens is 5. The maximum Gasteiger partial charge on any atom is 0.164 e. The first kappa shape index (κ1) is 37.2. The van der Waals surface area contributed by atoms with Gasteiger partial charge in [-0.25, -0.2) is 15.0 Å². The van der Waals surface area contributed by atoms with E-state index in [4.69, 9.17) is 15.0 Å². The fraction of sp³-hybridized carbons (Fsp3) is 0.0500. The van der Waals surface area contributed by atoms with Crippen LogP contribution in [0.3, 0.4) is 0 Å². The van der Waals surface area contributed by atoms with Crippen molar-refractivity contribution in [3.63, 3.8) is 0 Å². The Labute approximate surface area is 384 Å². The molecule has 0 fully saturated rings. The molecule has 1 aliphatic carbocycles. The molecule has 66 heavy (non-hydrogen) atoms. The van der Waals surface area contributed by atoms with Crippen LogP contribution >= 0.6 is 11.3 Å². The van der Waals surface area contributed by atoms with Crippen LogP contribution < -0.4 is 0 Å². The predicted molar refractivity (Wildman–Crippen MR) is 275 cm³/mol. The molecule has 4 heterocycles. The van der Waals surface area contributed by atoms with Crippen molar-refractivity contribution in [1.82, 2.24) is 24.1 Å². The lowest BCUT2D eigenvalue weighted by Gasteiger charge is -2.21. The summed E-state index contributed by atoms with van der Waals surface area (Å²) >= 11 is 1.82. The van der Waals surface area contributed by atoms with E-state index in [9.17, 15) is 0 Å². The second-order valence-electron chi connectivity index (χ2n) is 18.0. The highest BCUT2D eigenvalue weighted by Gasteiger charge is 2.35. The molecule has 0 saturated carbocycles. The van der Waals surface area contributed by atoms with Crippen LogP contribution in [0.25, 0.3) is 120 Å². The van der Waals surface area contributed by atoms with Crippen LogP contribution in [0, 0.1) is 0 Å². The minimum absolute atomic E-state index is 0.164. The molecule has 0 unspecified atom stereocenters. The molecule has 6 heteroatoms. The number of thiophene rings is 1. The van der Waals surface area contributed by atoms with Gasteiger partial charge in [0.15, 0.2) is 17.5 Å². The van der Waals surface area contributed by atoms with Gasteiger partial charge in [0.2, 0.25) is 0 Å². The molecule has 0 bridgehead atoms. The average molecular weight is 862 g/mol. The molecule has 13 aromatic rings. The van der Waals surface area contributed by atoms with Crippen molar-refractivity contribution < 1.29 is 0 Å². The third-order valence-electron chi connectivity index (χ3n) is 14.0. The Kier molecular flexibility index (Phi) is 7.84. The highest BCUT2D eigenvalue weighted by Crippen LogP contribution is 2.50. The van der Waals surface area contributed by atoms with E-state index < -0.39 is 0 Å². The van der Waals surface area contributed by atoms with Crippen LogP contribution in [0.4, 0.5) is 0 Å². The van der Waals surface area contributed by atoms with Crippen LogP contribution in [0.1, 0.15) is 25.0 Å². The van der Waals surface area contributed by atoms with Gasteiger partial charge in [-0.15, -0.1) is 11.3 Å². The summed E-state index contributed by atoms with van der Waals surface area (Å²) in [5.74, 6) is 1.93. The molecule has 4 aromatic heterocycles. The van der Waals surface area contributed by atoms with Gasteiger partial charge in [0, 0.05) is 69.5 Å². The lowest BCUT2D eigenvalue weighted by atomic mass is 9.82. The molecular weight excluding hydrogens is 823 g/mol. The van der Waals surface area contributed by atoms with Crippen molar-refractivity contribution in [2.45, 2.75) is 19.3 Å². The van der Waals surface area contributed by atoms with E-state index >= 15 is 0 Å². The lowest BCUT2D eigenvalue weighted by molar-refractivity contribution is 0.660. The maximum atomic E-state index is 5.43. The molecule has 14 rings (SSSR count). The first-order chi connectivity index (χ1) is 32.5. The molecule has 1 aliphatic rings. The molecule has 0 aliphatic heterocycles. The Hall–Kier alpha value is -8.19. The smallest absolute Gasteiger partial charge is 0.164 e. The predicted octanol–water partition coefficient (Wildman–Crippen LogP) is 15.7.